The van der Waals surface area contributed by atoms with Gasteiger partial charge < -0.3 is 13.7 Å². The third-order valence-electron chi connectivity index (χ3n) is 11.7. The summed E-state index contributed by atoms with van der Waals surface area (Å²) >= 11 is 0. The third-order valence-corrected chi connectivity index (χ3v) is 11.7. The Labute approximate surface area is 340 Å². The monoisotopic (exact) mass is 753 g/mol. The van der Waals surface area contributed by atoms with E-state index in [0.717, 1.165) is 61.7 Å². The van der Waals surface area contributed by atoms with E-state index >= 15 is 0 Å². The highest BCUT2D eigenvalue weighted by Gasteiger charge is 2.23. The van der Waals surface area contributed by atoms with Gasteiger partial charge in [0, 0.05) is 66.9 Å². The van der Waals surface area contributed by atoms with Gasteiger partial charge in [-0.25, -0.2) is 9.97 Å². The number of nitrogens with zero attached hydrogens (tertiary/aromatic N) is 5. The lowest BCUT2D eigenvalue weighted by Crippen LogP contribution is -2.00. The van der Waals surface area contributed by atoms with Crippen LogP contribution < -0.4 is 0 Å². The molecule has 0 spiro atoms. The standard InChI is InChI=1S/C54H35N5/c1-5-16-36(17-6-1)47-35-48(37-18-7-2-8-19-37)56-54(55-47)38-20-15-25-41(34-38)59-51-44(30-31-49-46(51)32-33-57(49)39-21-9-3-10-22-39)45-29-28-43-42-26-13-14-27-50(42)58(52(43)53(45)59)40-23-11-4-12-24-40/h1-35H. The van der Waals surface area contributed by atoms with Gasteiger partial charge in [-0.05, 0) is 60.7 Å². The van der Waals surface area contributed by atoms with Gasteiger partial charge in [0.05, 0.1) is 39.0 Å². The van der Waals surface area contributed by atoms with Crippen LogP contribution in [0.3, 0.4) is 0 Å². The predicted octanol–water partition coefficient (Wildman–Crippen LogP) is 13.6. The van der Waals surface area contributed by atoms with Crippen molar-refractivity contribution in [2.75, 3.05) is 0 Å². The fourth-order valence-corrected chi connectivity index (χ4v) is 9.05. The summed E-state index contributed by atoms with van der Waals surface area (Å²) in [7, 11) is 0. The van der Waals surface area contributed by atoms with Gasteiger partial charge in [-0.3, -0.25) is 0 Å². The van der Waals surface area contributed by atoms with Crippen molar-refractivity contribution < 1.29 is 0 Å². The Morgan fingerprint density at radius 1 is 0.305 bits per heavy atom. The summed E-state index contributed by atoms with van der Waals surface area (Å²) in [4.78, 5) is 10.5. The number of fused-ring (bicyclic) bond motifs is 9. The maximum Gasteiger partial charge on any atom is 0.160 e. The van der Waals surface area contributed by atoms with Crippen molar-refractivity contribution >= 4 is 54.5 Å². The molecule has 4 aromatic heterocycles. The van der Waals surface area contributed by atoms with E-state index in [9.17, 15) is 0 Å². The maximum absolute atomic E-state index is 5.24. The van der Waals surface area contributed by atoms with Crippen LogP contribution in [0.1, 0.15) is 0 Å². The van der Waals surface area contributed by atoms with Crippen LogP contribution in [0.4, 0.5) is 0 Å². The van der Waals surface area contributed by atoms with Crippen LogP contribution >= 0.6 is 0 Å². The molecule has 12 aromatic rings. The molecule has 5 heteroatoms. The maximum atomic E-state index is 5.24. The average Bonchev–Trinajstić information content (AvgIpc) is 4.01. The van der Waals surface area contributed by atoms with Gasteiger partial charge in [0.25, 0.3) is 0 Å². The Kier molecular flexibility index (Phi) is 7.47. The molecule has 0 amide bonds. The SMILES string of the molecule is c1ccc(-c2cc(-c3ccccc3)nc(-c3cccc(-n4c5c(ccc6c5ccn6-c5ccccc5)c5ccc6c7ccccc7n(-c7ccccc7)c6c54)c3)n2)cc1. The summed E-state index contributed by atoms with van der Waals surface area (Å²) in [5.41, 5.74) is 13.9. The molecule has 0 bridgehead atoms. The van der Waals surface area contributed by atoms with Crippen molar-refractivity contribution in [1.29, 1.82) is 0 Å². The second kappa shape index (κ2) is 13.3. The third kappa shape index (κ3) is 5.25. The second-order valence-electron chi connectivity index (χ2n) is 15.0. The van der Waals surface area contributed by atoms with Crippen molar-refractivity contribution in [2.24, 2.45) is 0 Å². The van der Waals surface area contributed by atoms with E-state index in [0.29, 0.717) is 5.82 Å². The number of rotatable bonds is 6. The molecule has 0 aliphatic heterocycles. The van der Waals surface area contributed by atoms with E-state index in [1.807, 2.05) is 12.1 Å². The topological polar surface area (TPSA) is 40.6 Å². The zero-order valence-electron chi connectivity index (χ0n) is 31.9. The van der Waals surface area contributed by atoms with E-state index in [4.69, 9.17) is 9.97 Å². The van der Waals surface area contributed by atoms with Crippen LogP contribution in [-0.4, -0.2) is 23.7 Å². The fraction of sp³-hybridized carbons (Fsp3) is 0. The predicted molar refractivity (Wildman–Crippen MR) is 244 cm³/mol. The van der Waals surface area contributed by atoms with Crippen LogP contribution in [0.5, 0.6) is 0 Å². The Morgan fingerprint density at radius 2 is 0.831 bits per heavy atom. The summed E-state index contributed by atoms with van der Waals surface area (Å²) in [6.45, 7) is 0. The first-order chi connectivity index (χ1) is 29.3. The molecule has 276 valence electrons. The zero-order chi connectivity index (χ0) is 38.9. The smallest absolute Gasteiger partial charge is 0.160 e. The molecule has 5 nitrogen and oxygen atoms in total. The lowest BCUT2D eigenvalue weighted by molar-refractivity contribution is 1.13. The summed E-state index contributed by atoms with van der Waals surface area (Å²) in [6, 6.07) is 73.2. The molecule has 0 aliphatic carbocycles. The summed E-state index contributed by atoms with van der Waals surface area (Å²) in [5.74, 6) is 0.678. The molecule has 12 rings (SSSR count). The minimum Gasteiger partial charge on any atom is -0.316 e. The molecule has 0 unspecified atom stereocenters. The highest BCUT2D eigenvalue weighted by atomic mass is 15.1. The minimum atomic E-state index is 0.678. The molecule has 0 saturated heterocycles. The minimum absolute atomic E-state index is 0.678. The number of hydrogen-bond acceptors (Lipinski definition) is 2. The first kappa shape index (κ1) is 33.2. The number of para-hydroxylation sites is 3. The molecule has 4 heterocycles. The van der Waals surface area contributed by atoms with Crippen molar-refractivity contribution in [2.45, 2.75) is 0 Å². The molecule has 0 N–H and O–H groups in total. The highest BCUT2D eigenvalue weighted by Crippen LogP contribution is 2.44. The lowest BCUT2D eigenvalue weighted by atomic mass is 10.1. The first-order valence-corrected chi connectivity index (χ1v) is 20.0. The molecule has 0 aliphatic rings. The summed E-state index contributed by atoms with van der Waals surface area (Å²) in [6.07, 6.45) is 2.20. The van der Waals surface area contributed by atoms with Gasteiger partial charge in [0.1, 0.15) is 0 Å². The van der Waals surface area contributed by atoms with Crippen LogP contribution in [0.15, 0.2) is 212 Å². The van der Waals surface area contributed by atoms with Gasteiger partial charge in [0.15, 0.2) is 5.82 Å². The van der Waals surface area contributed by atoms with E-state index < -0.39 is 0 Å². The molecule has 0 fully saturated rings. The van der Waals surface area contributed by atoms with E-state index in [-0.39, 0.29) is 0 Å². The summed E-state index contributed by atoms with van der Waals surface area (Å²) in [5, 5.41) is 6.00. The quantitative estimate of drug-likeness (QED) is 0.170. The number of hydrogen-bond donors (Lipinski definition) is 0. The van der Waals surface area contributed by atoms with Crippen LogP contribution in [0.2, 0.25) is 0 Å². The first-order valence-electron chi connectivity index (χ1n) is 20.0. The number of aromatic nitrogens is 5. The van der Waals surface area contributed by atoms with Gasteiger partial charge in [-0.1, -0.05) is 146 Å². The van der Waals surface area contributed by atoms with E-state index in [2.05, 4.69) is 214 Å². The van der Waals surface area contributed by atoms with Crippen LogP contribution in [0, 0.1) is 0 Å². The Balaban J connectivity index is 1.19. The lowest BCUT2D eigenvalue weighted by Gasteiger charge is -2.14. The van der Waals surface area contributed by atoms with E-state index in [1.54, 1.807) is 0 Å². The van der Waals surface area contributed by atoms with Gasteiger partial charge in [-0.2, -0.15) is 0 Å². The molecule has 8 aromatic carbocycles. The van der Waals surface area contributed by atoms with Crippen molar-refractivity contribution in [3.63, 3.8) is 0 Å². The largest absolute Gasteiger partial charge is 0.316 e. The highest BCUT2D eigenvalue weighted by molar-refractivity contribution is 6.26. The van der Waals surface area contributed by atoms with Crippen LogP contribution in [0.25, 0.3) is 105 Å². The van der Waals surface area contributed by atoms with E-state index in [1.165, 1.54) is 38.0 Å². The average molecular weight is 754 g/mol. The van der Waals surface area contributed by atoms with Crippen molar-refractivity contribution in [3.05, 3.63) is 212 Å². The number of benzene rings is 8. The normalized spacial score (nSPS) is 11.7. The molecular weight excluding hydrogens is 719 g/mol. The molecule has 0 radical (unpaired) electrons. The molecule has 59 heavy (non-hydrogen) atoms. The fourth-order valence-electron chi connectivity index (χ4n) is 9.05. The Bertz CT molecular complexity index is 3470. The van der Waals surface area contributed by atoms with Gasteiger partial charge in [0.2, 0.25) is 0 Å². The zero-order valence-corrected chi connectivity index (χ0v) is 31.9. The van der Waals surface area contributed by atoms with Crippen LogP contribution in [-0.2, 0) is 0 Å². The summed E-state index contributed by atoms with van der Waals surface area (Å²) < 4.78 is 7.22. The molecule has 0 atom stereocenters. The van der Waals surface area contributed by atoms with Crippen molar-refractivity contribution in [3.8, 4) is 51.0 Å². The van der Waals surface area contributed by atoms with Gasteiger partial charge >= 0.3 is 0 Å². The second-order valence-corrected chi connectivity index (χ2v) is 15.0. The van der Waals surface area contributed by atoms with Gasteiger partial charge in [-0.15, -0.1) is 0 Å². The Hall–Kier alpha value is -8.02. The Morgan fingerprint density at radius 3 is 1.53 bits per heavy atom. The molecule has 0 saturated carbocycles. The van der Waals surface area contributed by atoms with Crippen molar-refractivity contribution in [1.82, 2.24) is 23.7 Å². The molecular formula is C54H35N5.